The number of aryl methyl sites for hydroxylation is 1. The molecule has 3 rings (SSSR count). The molecule has 7 nitrogen and oxygen atoms in total. The summed E-state index contributed by atoms with van der Waals surface area (Å²) in [7, 11) is -2.01. The Bertz CT molecular complexity index is 700. The monoisotopic (exact) mass is 296 g/mol. The number of nitrogens with zero attached hydrogens (tertiary/aromatic N) is 2. The number of aromatic nitrogens is 2. The second kappa shape index (κ2) is 4.95. The molecule has 0 aromatic carbocycles. The van der Waals surface area contributed by atoms with Gasteiger partial charge in [-0.3, -0.25) is 9.40 Å². The van der Waals surface area contributed by atoms with Gasteiger partial charge in [0.25, 0.3) is 10.0 Å². The van der Waals surface area contributed by atoms with Gasteiger partial charge in [0.2, 0.25) is 5.09 Å². The van der Waals surface area contributed by atoms with Crippen LogP contribution in [0.5, 0.6) is 0 Å². The van der Waals surface area contributed by atoms with E-state index in [0.717, 1.165) is 0 Å². The highest BCUT2D eigenvalue weighted by atomic mass is 32.2. The fourth-order valence-corrected chi connectivity index (χ4v) is 2.74. The van der Waals surface area contributed by atoms with Crippen LogP contribution in [0.1, 0.15) is 18.6 Å². The zero-order valence-electron chi connectivity index (χ0n) is 11.0. The average molecular weight is 296 g/mol. The van der Waals surface area contributed by atoms with Crippen LogP contribution in [0.3, 0.4) is 0 Å². The molecule has 2 aromatic rings. The molecule has 2 heterocycles. The standard InChI is InChI=1S/C12H16N4O3S/c1-16-7-6-11(14-16)15-20(17,18)12-5-4-10(19-12)8-13-9-2-3-9/h4-7,9,13H,2-3,8H2,1H3,(H,14,15). The minimum atomic E-state index is -3.72. The Balaban J connectivity index is 1.69. The first-order valence-electron chi connectivity index (χ1n) is 6.37. The van der Waals surface area contributed by atoms with Crippen molar-refractivity contribution < 1.29 is 12.8 Å². The number of furan rings is 1. The molecule has 2 aromatic heterocycles. The lowest BCUT2D eigenvalue weighted by molar-refractivity contribution is 0.403. The molecular weight excluding hydrogens is 280 g/mol. The summed E-state index contributed by atoms with van der Waals surface area (Å²) in [5.74, 6) is 0.875. The number of anilines is 1. The maximum absolute atomic E-state index is 12.1. The second-order valence-corrected chi connectivity index (χ2v) is 6.47. The molecule has 0 radical (unpaired) electrons. The SMILES string of the molecule is Cn1ccc(NS(=O)(=O)c2ccc(CNC3CC3)o2)n1. The first kappa shape index (κ1) is 13.2. The van der Waals surface area contributed by atoms with Crippen molar-refractivity contribution in [1.29, 1.82) is 0 Å². The van der Waals surface area contributed by atoms with E-state index >= 15 is 0 Å². The summed E-state index contributed by atoms with van der Waals surface area (Å²) in [5, 5.41) is 7.13. The zero-order valence-corrected chi connectivity index (χ0v) is 11.9. The van der Waals surface area contributed by atoms with Gasteiger partial charge in [0.05, 0.1) is 6.54 Å². The van der Waals surface area contributed by atoms with Gasteiger partial charge in [-0.05, 0) is 25.0 Å². The molecule has 0 amide bonds. The molecule has 0 unspecified atom stereocenters. The number of nitrogens with one attached hydrogen (secondary N) is 2. The Morgan fingerprint density at radius 2 is 2.20 bits per heavy atom. The van der Waals surface area contributed by atoms with Gasteiger partial charge in [-0.1, -0.05) is 0 Å². The summed E-state index contributed by atoms with van der Waals surface area (Å²) in [6, 6.07) is 5.25. The second-order valence-electron chi connectivity index (χ2n) is 4.86. The van der Waals surface area contributed by atoms with Crippen LogP contribution >= 0.6 is 0 Å². The van der Waals surface area contributed by atoms with Gasteiger partial charge in [-0.15, -0.1) is 0 Å². The fraction of sp³-hybridized carbons (Fsp3) is 0.417. The maximum Gasteiger partial charge on any atom is 0.296 e. The quantitative estimate of drug-likeness (QED) is 0.832. The van der Waals surface area contributed by atoms with Gasteiger partial charge in [0.1, 0.15) is 5.76 Å². The van der Waals surface area contributed by atoms with Crippen molar-refractivity contribution >= 4 is 15.8 Å². The first-order chi connectivity index (χ1) is 9.53. The molecule has 0 spiro atoms. The molecule has 0 saturated heterocycles. The highest BCUT2D eigenvalue weighted by Gasteiger charge is 2.22. The lowest BCUT2D eigenvalue weighted by Crippen LogP contribution is -2.15. The van der Waals surface area contributed by atoms with Crippen LogP contribution in [-0.4, -0.2) is 24.2 Å². The van der Waals surface area contributed by atoms with Crippen molar-refractivity contribution in [3.05, 3.63) is 30.2 Å². The number of sulfonamides is 1. The van der Waals surface area contributed by atoms with Crippen LogP contribution in [0.25, 0.3) is 0 Å². The molecule has 2 N–H and O–H groups in total. The van der Waals surface area contributed by atoms with Crippen LogP contribution in [0, 0.1) is 0 Å². The summed E-state index contributed by atoms with van der Waals surface area (Å²) >= 11 is 0. The van der Waals surface area contributed by atoms with Crippen molar-refractivity contribution in [2.24, 2.45) is 7.05 Å². The van der Waals surface area contributed by atoms with Crippen molar-refractivity contribution in [3.63, 3.8) is 0 Å². The van der Waals surface area contributed by atoms with E-state index < -0.39 is 10.0 Å². The highest BCUT2D eigenvalue weighted by molar-refractivity contribution is 7.92. The summed E-state index contributed by atoms with van der Waals surface area (Å²) < 4.78 is 33.4. The minimum absolute atomic E-state index is 0.101. The molecular formula is C12H16N4O3S. The van der Waals surface area contributed by atoms with E-state index in [0.29, 0.717) is 18.3 Å². The summed E-state index contributed by atoms with van der Waals surface area (Å²) in [5.41, 5.74) is 0. The average Bonchev–Trinajstić information content (AvgIpc) is 2.93. The van der Waals surface area contributed by atoms with E-state index in [2.05, 4.69) is 15.1 Å². The summed E-state index contributed by atoms with van der Waals surface area (Å²) in [6.45, 7) is 0.545. The molecule has 1 fully saturated rings. The molecule has 0 atom stereocenters. The van der Waals surface area contributed by atoms with Gasteiger partial charge in [0, 0.05) is 25.4 Å². The van der Waals surface area contributed by atoms with Gasteiger partial charge < -0.3 is 9.73 Å². The Hall–Kier alpha value is -1.80. The van der Waals surface area contributed by atoms with Gasteiger partial charge in [-0.25, -0.2) is 0 Å². The molecule has 0 bridgehead atoms. The Morgan fingerprint density at radius 1 is 1.40 bits per heavy atom. The smallest absolute Gasteiger partial charge is 0.296 e. The summed E-state index contributed by atoms with van der Waals surface area (Å²) in [4.78, 5) is 0. The summed E-state index contributed by atoms with van der Waals surface area (Å²) in [6.07, 6.45) is 4.01. The Kier molecular flexibility index (Phi) is 3.27. The van der Waals surface area contributed by atoms with E-state index in [9.17, 15) is 8.42 Å². The van der Waals surface area contributed by atoms with Gasteiger partial charge in [-0.2, -0.15) is 13.5 Å². The van der Waals surface area contributed by atoms with E-state index in [-0.39, 0.29) is 10.9 Å². The van der Waals surface area contributed by atoms with Gasteiger partial charge >= 0.3 is 0 Å². The molecule has 0 aliphatic heterocycles. The highest BCUT2D eigenvalue weighted by Crippen LogP contribution is 2.21. The van der Waals surface area contributed by atoms with Crippen molar-refractivity contribution in [3.8, 4) is 0 Å². The van der Waals surface area contributed by atoms with E-state index in [1.807, 2.05) is 0 Å². The number of hydrogen-bond donors (Lipinski definition) is 2. The predicted octanol–water partition coefficient (Wildman–Crippen LogP) is 1.07. The molecule has 20 heavy (non-hydrogen) atoms. The largest absolute Gasteiger partial charge is 0.446 e. The van der Waals surface area contributed by atoms with Crippen LogP contribution in [0.2, 0.25) is 0 Å². The zero-order chi connectivity index (χ0) is 14.2. The molecule has 108 valence electrons. The van der Waals surface area contributed by atoms with Crippen LogP contribution in [0.15, 0.2) is 33.9 Å². The van der Waals surface area contributed by atoms with Crippen molar-refractivity contribution in [1.82, 2.24) is 15.1 Å². The minimum Gasteiger partial charge on any atom is -0.446 e. The lowest BCUT2D eigenvalue weighted by Gasteiger charge is -2.02. The van der Waals surface area contributed by atoms with Crippen LogP contribution < -0.4 is 10.0 Å². The Morgan fingerprint density at radius 3 is 2.85 bits per heavy atom. The third-order valence-electron chi connectivity index (χ3n) is 3.00. The van der Waals surface area contributed by atoms with Crippen LogP contribution in [0.4, 0.5) is 5.82 Å². The first-order valence-corrected chi connectivity index (χ1v) is 7.86. The molecule has 8 heteroatoms. The topological polar surface area (TPSA) is 89.2 Å². The lowest BCUT2D eigenvalue weighted by atomic mass is 10.4. The van der Waals surface area contributed by atoms with Crippen molar-refractivity contribution in [2.75, 3.05) is 4.72 Å². The fourth-order valence-electron chi connectivity index (χ4n) is 1.79. The van der Waals surface area contributed by atoms with E-state index in [1.54, 1.807) is 25.4 Å². The van der Waals surface area contributed by atoms with Gasteiger partial charge in [0.15, 0.2) is 5.82 Å². The van der Waals surface area contributed by atoms with Crippen LogP contribution in [-0.2, 0) is 23.6 Å². The normalized spacial score (nSPS) is 15.4. The maximum atomic E-state index is 12.1. The number of hydrogen-bond acceptors (Lipinski definition) is 5. The van der Waals surface area contributed by atoms with E-state index in [1.165, 1.54) is 23.6 Å². The van der Waals surface area contributed by atoms with E-state index in [4.69, 9.17) is 4.42 Å². The third-order valence-corrected chi connectivity index (χ3v) is 4.22. The molecule has 1 aliphatic rings. The third kappa shape index (κ3) is 3.02. The Labute approximate surface area is 117 Å². The molecule has 1 aliphatic carbocycles. The van der Waals surface area contributed by atoms with Crippen molar-refractivity contribution in [2.45, 2.75) is 30.5 Å². The predicted molar refractivity (Wildman–Crippen MR) is 72.6 cm³/mol. The molecule has 1 saturated carbocycles. The number of rotatable bonds is 6.